The van der Waals surface area contributed by atoms with Crippen LogP contribution in [0.1, 0.15) is 33.4 Å². The van der Waals surface area contributed by atoms with Gasteiger partial charge >= 0.3 is 6.18 Å². The van der Waals surface area contributed by atoms with Gasteiger partial charge in [0, 0.05) is 32.1 Å². The molecule has 0 radical (unpaired) electrons. The second-order valence-corrected chi connectivity index (χ2v) is 11.4. The second-order valence-electron chi connectivity index (χ2n) is 11.4. The first-order valence-corrected chi connectivity index (χ1v) is 15.3. The first kappa shape index (κ1) is 31.5. The Balaban J connectivity index is 1.33. The zero-order valence-corrected chi connectivity index (χ0v) is 25.4. The summed E-state index contributed by atoms with van der Waals surface area (Å²) in [5, 5.41) is 7.87. The molecule has 1 aliphatic rings. The van der Waals surface area contributed by atoms with E-state index in [9.17, 15) is 22.8 Å². The molecule has 47 heavy (non-hydrogen) atoms. The standard InChI is InChI=1S/C37H32F3N5O2/c38-37(39,40)32-15-10-27(11-16-32)14-19-35(46)44(25-29-12-17-33(18-13-29)45-23-21-41-42-45)34(24-28-6-2-1-3-7-28)36(47)43-22-20-30-8-4-5-9-31(30)26-43/h1-19,21,23,34H,20,22,24-26H2/b19-14+/t34-/m0/s1. The number of aromatic nitrogens is 3. The Hall–Kier alpha value is -5.51. The summed E-state index contributed by atoms with van der Waals surface area (Å²) in [5.41, 5.74) is 4.42. The Labute approximate surface area is 270 Å². The number of carbonyl (C=O) groups excluding carboxylic acids is 2. The highest BCUT2D eigenvalue weighted by molar-refractivity contribution is 5.96. The summed E-state index contributed by atoms with van der Waals surface area (Å²) < 4.78 is 40.9. The molecular weight excluding hydrogens is 603 g/mol. The summed E-state index contributed by atoms with van der Waals surface area (Å²) in [6.45, 7) is 1.09. The Morgan fingerprint density at radius 2 is 1.55 bits per heavy atom. The first-order valence-electron chi connectivity index (χ1n) is 15.3. The summed E-state index contributed by atoms with van der Waals surface area (Å²) in [4.78, 5) is 31.9. The lowest BCUT2D eigenvalue weighted by Crippen LogP contribution is -2.52. The van der Waals surface area contributed by atoms with Crippen molar-refractivity contribution < 1.29 is 22.8 Å². The lowest BCUT2D eigenvalue weighted by Gasteiger charge is -2.37. The first-order chi connectivity index (χ1) is 22.7. The molecule has 0 spiro atoms. The average molecular weight is 636 g/mol. The number of benzene rings is 4. The minimum atomic E-state index is -4.46. The van der Waals surface area contributed by atoms with Crippen molar-refractivity contribution >= 4 is 17.9 Å². The van der Waals surface area contributed by atoms with E-state index < -0.39 is 23.7 Å². The minimum absolute atomic E-state index is 0.126. The second kappa shape index (κ2) is 13.9. The normalized spacial score (nSPS) is 13.7. The molecule has 6 rings (SSSR count). The maximum Gasteiger partial charge on any atom is 0.416 e. The molecule has 1 aliphatic heterocycles. The van der Waals surface area contributed by atoms with Gasteiger partial charge in [0.1, 0.15) is 6.04 Å². The topological polar surface area (TPSA) is 71.3 Å². The monoisotopic (exact) mass is 635 g/mol. The van der Waals surface area contributed by atoms with E-state index in [1.807, 2.05) is 77.7 Å². The average Bonchev–Trinajstić information content (AvgIpc) is 3.64. The summed E-state index contributed by atoms with van der Waals surface area (Å²) in [6.07, 6.45) is 2.64. The number of hydrogen-bond acceptors (Lipinski definition) is 4. The van der Waals surface area contributed by atoms with Gasteiger partial charge in [0.05, 0.1) is 23.6 Å². The van der Waals surface area contributed by atoms with Crippen molar-refractivity contribution in [1.29, 1.82) is 0 Å². The number of fused-ring (bicyclic) bond motifs is 1. The van der Waals surface area contributed by atoms with Gasteiger partial charge in [-0.3, -0.25) is 9.59 Å². The molecule has 7 nitrogen and oxygen atoms in total. The van der Waals surface area contributed by atoms with Gasteiger partial charge in [0.25, 0.3) is 0 Å². The molecule has 0 bridgehead atoms. The van der Waals surface area contributed by atoms with Crippen molar-refractivity contribution in [2.45, 2.75) is 38.1 Å². The Kier molecular flexibility index (Phi) is 9.28. The maximum atomic E-state index is 14.4. The third kappa shape index (κ3) is 7.66. The van der Waals surface area contributed by atoms with E-state index in [-0.39, 0.29) is 18.9 Å². The molecule has 5 aromatic rings. The molecule has 0 fully saturated rings. The number of rotatable bonds is 9. The summed E-state index contributed by atoms with van der Waals surface area (Å²) >= 11 is 0. The molecule has 0 saturated carbocycles. The van der Waals surface area contributed by atoms with Gasteiger partial charge < -0.3 is 9.80 Å². The van der Waals surface area contributed by atoms with Crippen LogP contribution in [0.25, 0.3) is 11.8 Å². The van der Waals surface area contributed by atoms with Crippen molar-refractivity contribution in [1.82, 2.24) is 24.8 Å². The van der Waals surface area contributed by atoms with Crippen molar-refractivity contribution in [3.63, 3.8) is 0 Å². The Bertz CT molecular complexity index is 1840. The number of hydrogen-bond donors (Lipinski definition) is 0. The lowest BCUT2D eigenvalue weighted by atomic mass is 9.97. The molecule has 2 heterocycles. The van der Waals surface area contributed by atoms with E-state index in [0.717, 1.165) is 34.5 Å². The predicted octanol–water partition coefficient (Wildman–Crippen LogP) is 6.52. The van der Waals surface area contributed by atoms with E-state index in [2.05, 4.69) is 16.4 Å². The van der Waals surface area contributed by atoms with E-state index >= 15 is 0 Å². The van der Waals surface area contributed by atoms with Crippen LogP contribution in [0.3, 0.4) is 0 Å². The van der Waals surface area contributed by atoms with E-state index in [1.54, 1.807) is 22.0 Å². The molecule has 4 aromatic carbocycles. The van der Waals surface area contributed by atoms with Gasteiger partial charge in [0.2, 0.25) is 11.8 Å². The zero-order chi connectivity index (χ0) is 32.8. The summed E-state index contributed by atoms with van der Waals surface area (Å²) in [5.74, 6) is -0.601. The predicted molar refractivity (Wildman–Crippen MR) is 172 cm³/mol. The van der Waals surface area contributed by atoms with Crippen LogP contribution in [-0.4, -0.2) is 49.2 Å². The van der Waals surface area contributed by atoms with Crippen molar-refractivity contribution in [2.75, 3.05) is 6.54 Å². The highest BCUT2D eigenvalue weighted by atomic mass is 19.4. The number of nitrogens with zero attached hydrogens (tertiary/aromatic N) is 5. The molecule has 0 aliphatic carbocycles. The molecule has 0 unspecified atom stereocenters. The third-order valence-electron chi connectivity index (χ3n) is 8.29. The minimum Gasteiger partial charge on any atom is -0.336 e. The molecule has 0 saturated heterocycles. The van der Waals surface area contributed by atoms with Crippen molar-refractivity contribution in [3.8, 4) is 5.69 Å². The molecule has 1 aromatic heterocycles. The molecule has 10 heteroatoms. The van der Waals surface area contributed by atoms with Crippen LogP contribution >= 0.6 is 0 Å². The fourth-order valence-electron chi connectivity index (χ4n) is 5.75. The number of halogens is 3. The van der Waals surface area contributed by atoms with Gasteiger partial charge in [0.15, 0.2) is 0 Å². The quantitative estimate of drug-likeness (QED) is 0.173. The van der Waals surface area contributed by atoms with E-state index in [1.165, 1.54) is 29.8 Å². The van der Waals surface area contributed by atoms with Crippen LogP contribution < -0.4 is 0 Å². The van der Waals surface area contributed by atoms with Crippen molar-refractivity contribution in [3.05, 3.63) is 155 Å². The summed E-state index contributed by atoms with van der Waals surface area (Å²) in [6, 6.07) is 28.8. The third-order valence-corrected chi connectivity index (χ3v) is 8.29. The van der Waals surface area contributed by atoms with Crippen LogP contribution in [-0.2, 0) is 41.7 Å². The largest absolute Gasteiger partial charge is 0.416 e. The van der Waals surface area contributed by atoms with Gasteiger partial charge in [-0.05, 0) is 64.6 Å². The number of amides is 2. The van der Waals surface area contributed by atoms with Gasteiger partial charge in [-0.2, -0.15) is 13.2 Å². The smallest absolute Gasteiger partial charge is 0.336 e. The SMILES string of the molecule is O=C([C@H](Cc1ccccc1)N(Cc1ccc(-n2ccnn2)cc1)C(=O)/C=C/c1ccc(C(F)(F)F)cc1)N1CCc2ccccc2C1. The van der Waals surface area contributed by atoms with Crippen LogP contribution in [0.4, 0.5) is 13.2 Å². The van der Waals surface area contributed by atoms with Crippen LogP contribution in [0.2, 0.25) is 0 Å². The van der Waals surface area contributed by atoms with Crippen molar-refractivity contribution in [2.24, 2.45) is 0 Å². The van der Waals surface area contributed by atoms with E-state index in [0.29, 0.717) is 25.1 Å². The molecular formula is C37H32F3N5O2. The number of carbonyl (C=O) groups is 2. The lowest BCUT2D eigenvalue weighted by molar-refractivity contribution is -0.144. The van der Waals surface area contributed by atoms with Crippen LogP contribution in [0.5, 0.6) is 0 Å². The highest BCUT2D eigenvalue weighted by Gasteiger charge is 2.34. The highest BCUT2D eigenvalue weighted by Crippen LogP contribution is 2.29. The fourth-order valence-corrected chi connectivity index (χ4v) is 5.75. The summed E-state index contributed by atoms with van der Waals surface area (Å²) in [7, 11) is 0. The molecule has 0 N–H and O–H groups in total. The maximum absolute atomic E-state index is 14.4. The van der Waals surface area contributed by atoms with Crippen LogP contribution in [0, 0.1) is 0 Å². The molecule has 238 valence electrons. The zero-order valence-electron chi connectivity index (χ0n) is 25.4. The fraction of sp³-hybridized carbons (Fsp3) is 0.189. The van der Waals surface area contributed by atoms with E-state index in [4.69, 9.17) is 0 Å². The van der Waals surface area contributed by atoms with Gasteiger partial charge in [-0.25, -0.2) is 4.68 Å². The molecule has 1 atom stereocenters. The number of alkyl halides is 3. The Morgan fingerprint density at radius 3 is 2.23 bits per heavy atom. The Morgan fingerprint density at radius 1 is 0.851 bits per heavy atom. The van der Waals surface area contributed by atoms with Gasteiger partial charge in [-0.1, -0.05) is 84.1 Å². The molecule has 2 amide bonds. The van der Waals surface area contributed by atoms with Gasteiger partial charge in [-0.15, -0.1) is 5.10 Å². The van der Waals surface area contributed by atoms with Crippen LogP contribution in [0.15, 0.2) is 122 Å².